The molecule has 0 radical (unpaired) electrons. The molecule has 2 aromatic rings. The van der Waals surface area contributed by atoms with Gasteiger partial charge in [-0.05, 0) is 37.6 Å². The van der Waals surface area contributed by atoms with Gasteiger partial charge >= 0.3 is 5.97 Å². The fourth-order valence-corrected chi connectivity index (χ4v) is 2.56. The second kappa shape index (κ2) is 10.1. The Labute approximate surface area is 167 Å². The number of esters is 1. The van der Waals surface area contributed by atoms with Gasteiger partial charge in [-0.15, -0.1) is 0 Å². The third-order valence-corrected chi connectivity index (χ3v) is 3.88. The maximum Gasteiger partial charge on any atom is 0.338 e. The summed E-state index contributed by atoms with van der Waals surface area (Å²) in [5.41, 5.74) is 0.298. The summed E-state index contributed by atoms with van der Waals surface area (Å²) >= 11 is 0. The number of methoxy groups -OCH3 is 1. The van der Waals surface area contributed by atoms with Gasteiger partial charge in [0.1, 0.15) is 0 Å². The molecule has 0 aliphatic carbocycles. The van der Waals surface area contributed by atoms with Gasteiger partial charge in [-0.1, -0.05) is 6.07 Å². The lowest BCUT2D eigenvalue weighted by Gasteiger charge is -2.12. The van der Waals surface area contributed by atoms with E-state index < -0.39 is 16.8 Å². The van der Waals surface area contributed by atoms with Gasteiger partial charge in [0.2, 0.25) is 0 Å². The molecule has 2 rings (SSSR count). The van der Waals surface area contributed by atoms with Crippen molar-refractivity contribution >= 4 is 17.6 Å². The maximum absolute atomic E-state index is 12.5. The van der Waals surface area contributed by atoms with Gasteiger partial charge in [-0.3, -0.25) is 14.9 Å². The number of hydrogen-bond donors (Lipinski definition) is 1. The van der Waals surface area contributed by atoms with Crippen molar-refractivity contribution in [2.45, 2.75) is 20.4 Å². The van der Waals surface area contributed by atoms with Crippen LogP contribution in [0.2, 0.25) is 0 Å². The molecule has 9 nitrogen and oxygen atoms in total. The van der Waals surface area contributed by atoms with Crippen molar-refractivity contribution in [3.8, 4) is 11.5 Å². The Bertz CT molecular complexity index is 912. The van der Waals surface area contributed by atoms with Gasteiger partial charge in [-0.2, -0.15) is 0 Å². The lowest BCUT2D eigenvalue weighted by Crippen LogP contribution is -2.23. The first-order chi connectivity index (χ1) is 13.9. The Morgan fingerprint density at radius 2 is 1.76 bits per heavy atom. The van der Waals surface area contributed by atoms with Crippen molar-refractivity contribution in [2.75, 3.05) is 20.3 Å². The van der Waals surface area contributed by atoms with E-state index in [0.717, 1.165) is 17.7 Å². The van der Waals surface area contributed by atoms with Crippen LogP contribution in [-0.4, -0.2) is 37.1 Å². The summed E-state index contributed by atoms with van der Waals surface area (Å²) in [7, 11) is 1.51. The minimum absolute atomic E-state index is 0.0137. The SMILES string of the molecule is CCOC(=O)c1cc(C(=O)NCc2ccc(OCC)c(OC)c2)cc([N+](=O)[O-])c1. The number of ether oxygens (including phenoxy) is 3. The lowest BCUT2D eigenvalue weighted by atomic mass is 10.1. The van der Waals surface area contributed by atoms with Gasteiger partial charge in [0.05, 0.1) is 30.8 Å². The molecule has 0 aliphatic rings. The number of hydrogen-bond acceptors (Lipinski definition) is 7. The largest absolute Gasteiger partial charge is 0.493 e. The number of carbonyl (C=O) groups excluding carboxylic acids is 2. The van der Waals surface area contributed by atoms with Gasteiger partial charge in [0, 0.05) is 24.2 Å². The third kappa shape index (κ3) is 5.68. The first-order valence-electron chi connectivity index (χ1n) is 8.94. The lowest BCUT2D eigenvalue weighted by molar-refractivity contribution is -0.384. The monoisotopic (exact) mass is 402 g/mol. The van der Waals surface area contributed by atoms with E-state index in [1.165, 1.54) is 13.2 Å². The molecule has 0 saturated carbocycles. The molecule has 0 unspecified atom stereocenters. The zero-order chi connectivity index (χ0) is 21.4. The predicted octanol–water partition coefficient (Wildman–Crippen LogP) is 3.11. The van der Waals surface area contributed by atoms with Crippen molar-refractivity contribution < 1.29 is 28.7 Å². The number of nitro benzene ring substituents is 1. The van der Waals surface area contributed by atoms with Crippen molar-refractivity contribution in [2.24, 2.45) is 0 Å². The van der Waals surface area contributed by atoms with Crippen LogP contribution >= 0.6 is 0 Å². The molecule has 1 amide bonds. The second-order valence-electron chi connectivity index (χ2n) is 5.85. The third-order valence-electron chi connectivity index (χ3n) is 3.88. The van der Waals surface area contributed by atoms with Gasteiger partial charge < -0.3 is 19.5 Å². The topological polar surface area (TPSA) is 117 Å². The van der Waals surface area contributed by atoms with E-state index in [2.05, 4.69) is 5.32 Å². The summed E-state index contributed by atoms with van der Waals surface area (Å²) in [4.78, 5) is 34.9. The number of benzene rings is 2. The number of rotatable bonds is 9. The molecule has 0 aliphatic heterocycles. The van der Waals surface area contributed by atoms with E-state index in [1.807, 2.05) is 6.92 Å². The highest BCUT2D eigenvalue weighted by molar-refractivity contribution is 5.99. The van der Waals surface area contributed by atoms with Crippen molar-refractivity contribution in [1.82, 2.24) is 5.32 Å². The zero-order valence-electron chi connectivity index (χ0n) is 16.4. The molecular formula is C20H22N2O7. The first kappa shape index (κ1) is 21.7. The van der Waals surface area contributed by atoms with E-state index in [4.69, 9.17) is 14.2 Å². The minimum Gasteiger partial charge on any atom is -0.493 e. The van der Waals surface area contributed by atoms with Crippen LogP contribution in [-0.2, 0) is 11.3 Å². The maximum atomic E-state index is 12.5. The predicted molar refractivity (Wildman–Crippen MR) is 104 cm³/mol. The van der Waals surface area contributed by atoms with Crippen LogP contribution in [0.25, 0.3) is 0 Å². The van der Waals surface area contributed by atoms with Crippen LogP contribution in [0.4, 0.5) is 5.69 Å². The number of nitrogens with zero attached hydrogens (tertiary/aromatic N) is 1. The number of carbonyl (C=O) groups is 2. The van der Waals surface area contributed by atoms with Crippen LogP contribution in [0.15, 0.2) is 36.4 Å². The second-order valence-corrected chi connectivity index (χ2v) is 5.85. The summed E-state index contributed by atoms with van der Waals surface area (Å²) in [6.07, 6.45) is 0. The normalized spacial score (nSPS) is 10.2. The molecule has 0 aromatic heterocycles. The molecule has 0 bridgehead atoms. The summed E-state index contributed by atoms with van der Waals surface area (Å²) in [5.74, 6) is -0.185. The highest BCUT2D eigenvalue weighted by Gasteiger charge is 2.18. The Kier molecular flexibility index (Phi) is 7.53. The van der Waals surface area contributed by atoms with E-state index in [1.54, 1.807) is 25.1 Å². The quantitative estimate of drug-likeness (QED) is 0.389. The summed E-state index contributed by atoms with van der Waals surface area (Å²) in [6, 6.07) is 8.67. The highest BCUT2D eigenvalue weighted by Crippen LogP contribution is 2.28. The molecule has 0 saturated heterocycles. The molecule has 9 heteroatoms. The molecule has 0 spiro atoms. The van der Waals surface area contributed by atoms with Crippen LogP contribution in [0.1, 0.15) is 40.1 Å². The summed E-state index contributed by atoms with van der Waals surface area (Å²) < 4.78 is 15.6. The fourth-order valence-electron chi connectivity index (χ4n) is 2.56. The molecule has 0 atom stereocenters. The average Bonchev–Trinajstić information content (AvgIpc) is 2.72. The van der Waals surface area contributed by atoms with Crippen molar-refractivity contribution in [3.63, 3.8) is 0 Å². The number of non-ortho nitro benzene ring substituents is 1. The van der Waals surface area contributed by atoms with Crippen LogP contribution in [0.3, 0.4) is 0 Å². The average molecular weight is 402 g/mol. The Morgan fingerprint density at radius 3 is 2.38 bits per heavy atom. The minimum atomic E-state index is -0.735. The smallest absolute Gasteiger partial charge is 0.338 e. The number of nitrogens with one attached hydrogen (secondary N) is 1. The van der Waals surface area contributed by atoms with E-state index in [0.29, 0.717) is 18.1 Å². The van der Waals surface area contributed by atoms with Gasteiger partial charge in [0.25, 0.3) is 11.6 Å². The molecule has 1 N–H and O–H groups in total. The molecule has 0 heterocycles. The van der Waals surface area contributed by atoms with E-state index >= 15 is 0 Å². The Hall–Kier alpha value is -3.62. The molecule has 154 valence electrons. The zero-order valence-corrected chi connectivity index (χ0v) is 16.4. The van der Waals surface area contributed by atoms with Crippen LogP contribution in [0.5, 0.6) is 11.5 Å². The number of amides is 1. The van der Waals surface area contributed by atoms with Gasteiger partial charge in [-0.25, -0.2) is 4.79 Å². The fraction of sp³-hybridized carbons (Fsp3) is 0.300. The Balaban J connectivity index is 2.20. The highest BCUT2D eigenvalue weighted by atomic mass is 16.6. The standard InChI is InChI=1S/C20H22N2O7/c1-4-28-17-7-6-13(8-18(17)27-3)12-21-19(23)14-9-15(20(24)29-5-2)11-16(10-14)22(25)26/h6-11H,4-5,12H2,1-3H3,(H,21,23). The van der Waals surface area contributed by atoms with Crippen molar-refractivity contribution in [3.05, 3.63) is 63.2 Å². The van der Waals surface area contributed by atoms with E-state index in [9.17, 15) is 19.7 Å². The van der Waals surface area contributed by atoms with Crippen LogP contribution < -0.4 is 14.8 Å². The van der Waals surface area contributed by atoms with E-state index in [-0.39, 0.29) is 30.0 Å². The van der Waals surface area contributed by atoms with Crippen molar-refractivity contribution in [1.29, 1.82) is 0 Å². The van der Waals surface area contributed by atoms with Gasteiger partial charge in [0.15, 0.2) is 11.5 Å². The summed E-state index contributed by atoms with van der Waals surface area (Å²) in [6.45, 7) is 4.23. The molecule has 29 heavy (non-hydrogen) atoms. The molecule has 2 aromatic carbocycles. The summed E-state index contributed by atoms with van der Waals surface area (Å²) in [5, 5.41) is 13.8. The first-order valence-corrected chi connectivity index (χ1v) is 8.94. The number of nitro groups is 1. The Morgan fingerprint density at radius 1 is 1.03 bits per heavy atom. The molecule has 0 fully saturated rings. The van der Waals surface area contributed by atoms with Crippen LogP contribution in [0, 0.1) is 10.1 Å². The molecular weight excluding hydrogens is 380 g/mol.